The van der Waals surface area contributed by atoms with Gasteiger partial charge in [0, 0.05) is 25.9 Å². The van der Waals surface area contributed by atoms with Crippen LogP contribution in [0.25, 0.3) is 0 Å². The first kappa shape index (κ1) is 9.27. The highest BCUT2D eigenvalue weighted by Gasteiger charge is 2.21. The van der Waals surface area contributed by atoms with Gasteiger partial charge in [-0.15, -0.1) is 0 Å². The zero-order valence-electron chi connectivity index (χ0n) is 8.53. The third kappa shape index (κ3) is 1.53. The standard InChI is InChI=1S/C10H15N3O/c1-11-9(8-3-6-14-7-8)10-12-4-5-13(10)2/h4-5,7,9,11H,3,6H2,1-2H3. The van der Waals surface area contributed by atoms with Gasteiger partial charge in [-0.1, -0.05) is 0 Å². The number of aryl methyl sites for hydroxylation is 1. The van der Waals surface area contributed by atoms with Crippen molar-refractivity contribution in [2.45, 2.75) is 12.5 Å². The predicted molar refractivity (Wildman–Crippen MR) is 53.7 cm³/mol. The molecule has 1 unspecified atom stereocenters. The van der Waals surface area contributed by atoms with Crippen LogP contribution in [0.1, 0.15) is 18.3 Å². The van der Waals surface area contributed by atoms with Crippen molar-refractivity contribution in [1.82, 2.24) is 14.9 Å². The quantitative estimate of drug-likeness (QED) is 0.778. The van der Waals surface area contributed by atoms with Crippen LogP contribution in [0.4, 0.5) is 0 Å². The second-order valence-corrected chi connectivity index (χ2v) is 3.43. The molecule has 0 spiro atoms. The molecule has 0 aromatic carbocycles. The lowest BCUT2D eigenvalue weighted by Crippen LogP contribution is -2.21. The molecule has 1 aliphatic heterocycles. The molecule has 1 aromatic rings. The molecule has 1 aromatic heterocycles. The third-order valence-corrected chi connectivity index (χ3v) is 2.52. The Bertz CT molecular complexity index is 343. The summed E-state index contributed by atoms with van der Waals surface area (Å²) in [5.41, 5.74) is 1.27. The first-order chi connectivity index (χ1) is 6.83. The van der Waals surface area contributed by atoms with E-state index in [1.165, 1.54) is 5.57 Å². The molecule has 0 radical (unpaired) electrons. The molecule has 1 atom stereocenters. The number of hydrogen-bond donors (Lipinski definition) is 1. The second-order valence-electron chi connectivity index (χ2n) is 3.43. The van der Waals surface area contributed by atoms with Crippen molar-refractivity contribution in [2.24, 2.45) is 7.05 Å². The third-order valence-electron chi connectivity index (χ3n) is 2.52. The number of ether oxygens (including phenoxy) is 1. The van der Waals surface area contributed by atoms with E-state index in [-0.39, 0.29) is 6.04 Å². The van der Waals surface area contributed by atoms with Crippen LogP contribution in [0.3, 0.4) is 0 Å². The zero-order chi connectivity index (χ0) is 9.97. The van der Waals surface area contributed by atoms with E-state index in [0.717, 1.165) is 18.9 Å². The Labute approximate surface area is 83.6 Å². The molecule has 14 heavy (non-hydrogen) atoms. The lowest BCUT2D eigenvalue weighted by Gasteiger charge is -2.15. The van der Waals surface area contributed by atoms with Gasteiger partial charge in [0.2, 0.25) is 0 Å². The molecule has 0 saturated carbocycles. The van der Waals surface area contributed by atoms with Gasteiger partial charge >= 0.3 is 0 Å². The predicted octanol–water partition coefficient (Wildman–Crippen LogP) is 0.985. The normalized spacial score (nSPS) is 17.7. The Morgan fingerprint density at radius 2 is 2.50 bits per heavy atom. The first-order valence-electron chi connectivity index (χ1n) is 4.78. The molecule has 2 heterocycles. The van der Waals surface area contributed by atoms with E-state index in [2.05, 4.69) is 10.3 Å². The van der Waals surface area contributed by atoms with Gasteiger partial charge in [0.05, 0.1) is 18.9 Å². The summed E-state index contributed by atoms with van der Waals surface area (Å²) in [6, 6.07) is 0.178. The van der Waals surface area contributed by atoms with Gasteiger partial charge < -0.3 is 14.6 Å². The fourth-order valence-electron chi connectivity index (χ4n) is 1.75. The summed E-state index contributed by atoms with van der Waals surface area (Å²) in [6.45, 7) is 0.790. The molecule has 1 N–H and O–H groups in total. The fourth-order valence-corrected chi connectivity index (χ4v) is 1.75. The highest BCUT2D eigenvalue weighted by molar-refractivity contribution is 5.18. The van der Waals surface area contributed by atoms with E-state index in [1.807, 2.05) is 37.3 Å². The topological polar surface area (TPSA) is 39.1 Å². The van der Waals surface area contributed by atoms with Crippen LogP contribution < -0.4 is 5.32 Å². The van der Waals surface area contributed by atoms with Crippen LogP contribution in [0, 0.1) is 0 Å². The van der Waals surface area contributed by atoms with Gasteiger partial charge in [0.25, 0.3) is 0 Å². The average molecular weight is 193 g/mol. The molecule has 0 fully saturated rings. The van der Waals surface area contributed by atoms with E-state index in [4.69, 9.17) is 4.74 Å². The number of nitrogens with one attached hydrogen (secondary N) is 1. The Kier molecular flexibility index (Phi) is 2.54. The summed E-state index contributed by atoms with van der Waals surface area (Å²) in [7, 11) is 3.95. The van der Waals surface area contributed by atoms with E-state index in [1.54, 1.807) is 0 Å². The van der Waals surface area contributed by atoms with Crippen LogP contribution in [-0.4, -0.2) is 23.2 Å². The van der Waals surface area contributed by atoms with Gasteiger partial charge in [-0.05, 0) is 12.6 Å². The van der Waals surface area contributed by atoms with Gasteiger partial charge in [0.1, 0.15) is 5.82 Å². The van der Waals surface area contributed by atoms with Crippen molar-refractivity contribution >= 4 is 0 Å². The Morgan fingerprint density at radius 3 is 3.00 bits per heavy atom. The Morgan fingerprint density at radius 1 is 1.64 bits per heavy atom. The SMILES string of the molecule is CNC(C1=COCC1)c1nccn1C. The molecule has 0 saturated heterocycles. The van der Waals surface area contributed by atoms with Crippen molar-refractivity contribution in [3.63, 3.8) is 0 Å². The molecule has 0 aliphatic carbocycles. The molecule has 76 valence electrons. The van der Waals surface area contributed by atoms with Crippen molar-refractivity contribution in [3.8, 4) is 0 Å². The first-order valence-corrected chi connectivity index (χ1v) is 4.78. The van der Waals surface area contributed by atoms with Gasteiger partial charge in [-0.3, -0.25) is 0 Å². The fraction of sp³-hybridized carbons (Fsp3) is 0.500. The van der Waals surface area contributed by atoms with Crippen LogP contribution >= 0.6 is 0 Å². The maximum absolute atomic E-state index is 5.24. The summed E-state index contributed by atoms with van der Waals surface area (Å²) in [5, 5.41) is 3.26. The van der Waals surface area contributed by atoms with Crippen LogP contribution in [0.2, 0.25) is 0 Å². The van der Waals surface area contributed by atoms with Crippen molar-refractivity contribution < 1.29 is 4.74 Å². The maximum Gasteiger partial charge on any atom is 0.129 e. The molecule has 4 heteroatoms. The summed E-state index contributed by atoms with van der Waals surface area (Å²) in [6.07, 6.45) is 6.60. The van der Waals surface area contributed by atoms with Crippen molar-refractivity contribution in [2.75, 3.05) is 13.7 Å². The van der Waals surface area contributed by atoms with Crippen LogP contribution in [-0.2, 0) is 11.8 Å². The lowest BCUT2D eigenvalue weighted by atomic mass is 10.1. The van der Waals surface area contributed by atoms with Gasteiger partial charge in [0.15, 0.2) is 0 Å². The van der Waals surface area contributed by atoms with E-state index >= 15 is 0 Å². The monoisotopic (exact) mass is 193 g/mol. The number of hydrogen-bond acceptors (Lipinski definition) is 3. The molecule has 4 nitrogen and oxygen atoms in total. The Balaban J connectivity index is 2.25. The number of imidazole rings is 1. The molecular weight excluding hydrogens is 178 g/mol. The minimum atomic E-state index is 0.178. The summed E-state index contributed by atoms with van der Waals surface area (Å²) in [5.74, 6) is 1.03. The largest absolute Gasteiger partial charge is 0.501 e. The number of aromatic nitrogens is 2. The highest BCUT2D eigenvalue weighted by Crippen LogP contribution is 2.25. The van der Waals surface area contributed by atoms with E-state index < -0.39 is 0 Å². The minimum absolute atomic E-state index is 0.178. The summed E-state index contributed by atoms with van der Waals surface area (Å²) < 4.78 is 7.27. The van der Waals surface area contributed by atoms with Crippen LogP contribution in [0.15, 0.2) is 24.2 Å². The van der Waals surface area contributed by atoms with Crippen molar-refractivity contribution in [1.29, 1.82) is 0 Å². The highest BCUT2D eigenvalue weighted by atomic mass is 16.5. The van der Waals surface area contributed by atoms with E-state index in [9.17, 15) is 0 Å². The average Bonchev–Trinajstić information content (AvgIpc) is 2.80. The molecular formula is C10H15N3O. The molecule has 1 aliphatic rings. The summed E-state index contributed by atoms with van der Waals surface area (Å²) >= 11 is 0. The number of rotatable bonds is 3. The van der Waals surface area contributed by atoms with Crippen LogP contribution in [0.5, 0.6) is 0 Å². The van der Waals surface area contributed by atoms with E-state index in [0.29, 0.717) is 0 Å². The van der Waals surface area contributed by atoms with Gasteiger partial charge in [-0.2, -0.15) is 0 Å². The smallest absolute Gasteiger partial charge is 0.129 e. The minimum Gasteiger partial charge on any atom is -0.501 e. The summed E-state index contributed by atoms with van der Waals surface area (Å²) in [4.78, 5) is 4.34. The molecule has 2 rings (SSSR count). The number of likely N-dealkylation sites (N-methyl/N-ethyl adjacent to an activating group) is 1. The van der Waals surface area contributed by atoms with Crippen molar-refractivity contribution in [3.05, 3.63) is 30.1 Å². The molecule has 0 bridgehead atoms. The number of nitrogens with zero attached hydrogens (tertiary/aromatic N) is 2. The lowest BCUT2D eigenvalue weighted by molar-refractivity contribution is 0.281. The van der Waals surface area contributed by atoms with Gasteiger partial charge in [-0.25, -0.2) is 4.98 Å². The zero-order valence-corrected chi connectivity index (χ0v) is 8.53. The maximum atomic E-state index is 5.24. The second kappa shape index (κ2) is 3.84. The molecule has 0 amide bonds. The Hall–Kier alpha value is -1.29.